The lowest BCUT2D eigenvalue weighted by molar-refractivity contribution is -0.137. The van der Waals surface area contributed by atoms with Crippen LogP contribution in [0.25, 0.3) is 0 Å². The van der Waals surface area contributed by atoms with Crippen LogP contribution in [0.5, 0.6) is 0 Å². The Labute approximate surface area is 176 Å². The molecule has 0 spiro atoms. The van der Waals surface area contributed by atoms with Gasteiger partial charge in [0.15, 0.2) is 9.84 Å². The van der Waals surface area contributed by atoms with Crippen LogP contribution in [0, 0.1) is 0 Å². The maximum atomic E-state index is 13.3. The summed E-state index contributed by atoms with van der Waals surface area (Å²) >= 11 is 6.54. The Bertz CT molecular complexity index is 901. The summed E-state index contributed by atoms with van der Waals surface area (Å²) in [7, 11) is -7.17. The number of aliphatic carboxylic acids is 1. The first kappa shape index (κ1) is 22.8. The van der Waals surface area contributed by atoms with Crippen molar-refractivity contribution in [3.63, 3.8) is 0 Å². The van der Waals surface area contributed by atoms with Crippen LogP contribution in [0.1, 0.15) is 32.1 Å². The quantitative estimate of drug-likeness (QED) is 0.477. The molecule has 2 rings (SSSR count). The van der Waals surface area contributed by atoms with E-state index in [0.29, 0.717) is 28.2 Å². The molecule has 7 nitrogen and oxygen atoms in total. The number of benzene rings is 1. The lowest BCUT2D eigenvalue weighted by Gasteiger charge is -2.28. The lowest BCUT2D eigenvalue weighted by Crippen LogP contribution is -2.41. The van der Waals surface area contributed by atoms with Gasteiger partial charge < -0.3 is 5.11 Å². The Morgan fingerprint density at radius 3 is 2.52 bits per heavy atom. The van der Waals surface area contributed by atoms with Gasteiger partial charge in [0.25, 0.3) is 0 Å². The Balaban J connectivity index is 2.25. The van der Waals surface area contributed by atoms with Crippen LogP contribution in [0.3, 0.4) is 0 Å². The number of carboxylic acids is 1. The minimum atomic E-state index is -3.92. The number of hydrogen-bond acceptors (Lipinski definition) is 5. The molecule has 11 heteroatoms. The number of sulfonamides is 1. The lowest BCUT2D eigenvalue weighted by atomic mass is 10.2. The smallest absolute Gasteiger partial charge is 0.303 e. The summed E-state index contributed by atoms with van der Waals surface area (Å²) in [6, 6.07) is 4.21. The molecule has 27 heavy (non-hydrogen) atoms. The van der Waals surface area contributed by atoms with Crippen molar-refractivity contribution in [2.24, 2.45) is 0 Å². The first-order valence-electron chi connectivity index (χ1n) is 8.42. The number of halogens is 2. The molecule has 1 aromatic carbocycles. The Morgan fingerprint density at radius 1 is 1.22 bits per heavy atom. The first-order valence-corrected chi connectivity index (χ1v) is 13.3. The summed E-state index contributed by atoms with van der Waals surface area (Å²) in [6.45, 7) is 0.154. The van der Waals surface area contributed by atoms with Crippen molar-refractivity contribution in [2.75, 3.05) is 18.1 Å². The van der Waals surface area contributed by atoms with Crippen molar-refractivity contribution in [3.05, 3.63) is 27.1 Å². The Kier molecular flexibility index (Phi) is 7.88. The molecule has 0 aromatic heterocycles. The molecule has 0 unspecified atom stereocenters. The number of hydrogen-bond donors (Lipinski definition) is 1. The Hall–Kier alpha value is -0.490. The minimum Gasteiger partial charge on any atom is -0.481 e. The fourth-order valence-corrected chi connectivity index (χ4v) is 8.01. The molecule has 1 aliphatic rings. The molecule has 1 saturated heterocycles. The van der Waals surface area contributed by atoms with Crippen LogP contribution in [0.4, 0.5) is 0 Å². The van der Waals surface area contributed by atoms with Crippen LogP contribution in [-0.2, 0) is 24.7 Å². The fourth-order valence-electron chi connectivity index (χ4n) is 3.02. The van der Waals surface area contributed by atoms with Gasteiger partial charge in [-0.3, -0.25) is 4.79 Å². The topological polar surface area (TPSA) is 109 Å². The van der Waals surface area contributed by atoms with E-state index < -0.39 is 31.9 Å². The van der Waals surface area contributed by atoms with Gasteiger partial charge in [-0.2, -0.15) is 4.31 Å². The summed E-state index contributed by atoms with van der Waals surface area (Å²) in [4.78, 5) is 10.7. The van der Waals surface area contributed by atoms with Crippen molar-refractivity contribution in [1.29, 1.82) is 0 Å². The standard InChI is InChI=1S/C16H21Br2NO6S2/c17-12-5-6-14(18)15(10-12)27(24,25)19(8-3-1-2-4-16(20)21)13-7-9-26(22,23)11-13/h5-6,10,13H,1-4,7-9,11H2,(H,20,21)/t13-/m1/s1. The average Bonchev–Trinajstić information content (AvgIpc) is 2.92. The van der Waals surface area contributed by atoms with Gasteiger partial charge in [0.1, 0.15) is 0 Å². The third kappa shape index (κ3) is 6.25. The third-order valence-electron chi connectivity index (χ3n) is 4.36. The molecule has 0 amide bonds. The van der Waals surface area contributed by atoms with Gasteiger partial charge in [-0.15, -0.1) is 0 Å². The molecule has 0 aliphatic carbocycles. The van der Waals surface area contributed by atoms with Crippen molar-refractivity contribution in [3.8, 4) is 0 Å². The largest absolute Gasteiger partial charge is 0.481 e. The highest BCUT2D eigenvalue weighted by Gasteiger charge is 2.39. The summed E-state index contributed by atoms with van der Waals surface area (Å²) in [6.07, 6.45) is 1.77. The number of carbonyl (C=O) groups is 1. The van der Waals surface area contributed by atoms with Crippen LogP contribution >= 0.6 is 31.9 Å². The summed E-state index contributed by atoms with van der Waals surface area (Å²) in [5.74, 6) is -1.10. The average molecular weight is 547 g/mol. The van der Waals surface area contributed by atoms with E-state index in [1.54, 1.807) is 12.1 Å². The normalized spacial score (nSPS) is 19.4. The van der Waals surface area contributed by atoms with E-state index in [9.17, 15) is 21.6 Å². The van der Waals surface area contributed by atoms with Crippen molar-refractivity contribution in [1.82, 2.24) is 4.31 Å². The van der Waals surface area contributed by atoms with E-state index in [0.717, 1.165) is 0 Å². The van der Waals surface area contributed by atoms with E-state index in [2.05, 4.69) is 31.9 Å². The zero-order chi connectivity index (χ0) is 20.2. The molecule has 1 fully saturated rings. The van der Waals surface area contributed by atoms with Crippen molar-refractivity contribution in [2.45, 2.75) is 43.0 Å². The SMILES string of the molecule is O=C(O)CCCCCN([C@@H]1CCS(=O)(=O)C1)S(=O)(=O)c1cc(Br)ccc1Br. The molecule has 1 N–H and O–H groups in total. The van der Waals surface area contributed by atoms with E-state index >= 15 is 0 Å². The number of rotatable bonds is 9. The minimum absolute atomic E-state index is 0.0254. The molecule has 1 heterocycles. The predicted octanol–water partition coefficient (Wildman–Crippen LogP) is 3.03. The monoisotopic (exact) mass is 545 g/mol. The van der Waals surface area contributed by atoms with Gasteiger partial charge in [-0.05, 0) is 53.4 Å². The van der Waals surface area contributed by atoms with Crippen LogP contribution in [0.2, 0.25) is 0 Å². The highest BCUT2D eigenvalue weighted by Crippen LogP contribution is 2.31. The summed E-state index contributed by atoms with van der Waals surface area (Å²) in [5.41, 5.74) is 0. The van der Waals surface area contributed by atoms with Crippen LogP contribution in [-0.4, -0.2) is 56.3 Å². The molecule has 1 aliphatic heterocycles. The maximum absolute atomic E-state index is 13.3. The number of nitrogens with zero attached hydrogens (tertiary/aromatic N) is 1. The zero-order valence-corrected chi connectivity index (χ0v) is 19.3. The van der Waals surface area contributed by atoms with Crippen molar-refractivity contribution >= 4 is 57.7 Å². The van der Waals surface area contributed by atoms with E-state index in [1.807, 2.05) is 0 Å². The highest BCUT2D eigenvalue weighted by molar-refractivity contribution is 9.11. The van der Waals surface area contributed by atoms with Gasteiger partial charge in [-0.25, -0.2) is 16.8 Å². The molecular formula is C16H21Br2NO6S2. The van der Waals surface area contributed by atoms with Gasteiger partial charge in [0.05, 0.1) is 16.4 Å². The van der Waals surface area contributed by atoms with Gasteiger partial charge in [0, 0.05) is 28.0 Å². The maximum Gasteiger partial charge on any atom is 0.303 e. The van der Waals surface area contributed by atoms with Gasteiger partial charge in [-0.1, -0.05) is 22.4 Å². The molecule has 0 bridgehead atoms. The van der Waals surface area contributed by atoms with Crippen molar-refractivity contribution < 1.29 is 26.7 Å². The van der Waals surface area contributed by atoms with Crippen LogP contribution in [0.15, 0.2) is 32.0 Å². The van der Waals surface area contributed by atoms with E-state index in [4.69, 9.17) is 5.11 Å². The van der Waals surface area contributed by atoms with E-state index in [-0.39, 0.29) is 35.8 Å². The third-order valence-corrected chi connectivity index (χ3v) is 9.55. The summed E-state index contributed by atoms with van der Waals surface area (Å²) in [5, 5.41) is 8.70. The molecule has 1 aromatic rings. The number of unbranched alkanes of at least 4 members (excludes halogenated alkanes) is 2. The van der Waals surface area contributed by atoms with E-state index in [1.165, 1.54) is 10.4 Å². The molecule has 0 radical (unpaired) electrons. The zero-order valence-electron chi connectivity index (χ0n) is 14.5. The second-order valence-electron chi connectivity index (χ2n) is 6.45. The second-order valence-corrected chi connectivity index (χ2v) is 12.3. The molecule has 0 saturated carbocycles. The van der Waals surface area contributed by atoms with Gasteiger partial charge >= 0.3 is 5.97 Å². The molecule has 1 atom stereocenters. The Morgan fingerprint density at radius 2 is 1.93 bits per heavy atom. The van der Waals surface area contributed by atoms with Gasteiger partial charge in [0.2, 0.25) is 10.0 Å². The summed E-state index contributed by atoms with van der Waals surface area (Å²) < 4.78 is 52.6. The number of carboxylic acid groups (broad SMARTS) is 1. The molecule has 152 valence electrons. The van der Waals surface area contributed by atoms with Crippen LogP contribution < -0.4 is 0 Å². The predicted molar refractivity (Wildman–Crippen MR) is 109 cm³/mol. The molecular weight excluding hydrogens is 526 g/mol. The highest BCUT2D eigenvalue weighted by atomic mass is 79.9. The number of sulfone groups is 1. The fraction of sp³-hybridized carbons (Fsp3) is 0.562. The first-order chi connectivity index (χ1) is 12.5. The second kappa shape index (κ2) is 9.34.